The van der Waals surface area contributed by atoms with Crippen LogP contribution >= 0.6 is 0 Å². The Balaban J connectivity index is 2.45. The van der Waals surface area contributed by atoms with Gasteiger partial charge in [0.1, 0.15) is 6.10 Å². The highest BCUT2D eigenvalue weighted by Gasteiger charge is 2.36. The zero-order valence-corrected chi connectivity index (χ0v) is 16.1. The zero-order chi connectivity index (χ0) is 18.9. The van der Waals surface area contributed by atoms with Crippen LogP contribution in [0.2, 0.25) is 0 Å². The van der Waals surface area contributed by atoms with Gasteiger partial charge in [-0.05, 0) is 38.2 Å². The van der Waals surface area contributed by atoms with Gasteiger partial charge in [0, 0.05) is 6.08 Å². The van der Waals surface area contributed by atoms with Crippen LogP contribution in [-0.2, 0) is 9.53 Å². The molecule has 0 radical (unpaired) electrons. The van der Waals surface area contributed by atoms with Crippen molar-refractivity contribution in [2.75, 3.05) is 0 Å². The van der Waals surface area contributed by atoms with Gasteiger partial charge in [-0.25, -0.2) is 4.79 Å². The maximum atomic E-state index is 11.1. The van der Waals surface area contributed by atoms with Crippen molar-refractivity contribution in [1.29, 1.82) is 0 Å². The van der Waals surface area contributed by atoms with Gasteiger partial charge in [0.2, 0.25) is 0 Å². The van der Waals surface area contributed by atoms with Crippen LogP contribution in [0.1, 0.15) is 47.5 Å². The molecule has 3 nitrogen and oxygen atoms in total. The normalized spacial score (nSPS) is 25.2. The third-order valence-corrected chi connectivity index (χ3v) is 4.41. The number of carbonyl (C=O) groups is 1. The van der Waals surface area contributed by atoms with E-state index >= 15 is 0 Å². The van der Waals surface area contributed by atoms with E-state index in [9.17, 15) is 9.90 Å². The summed E-state index contributed by atoms with van der Waals surface area (Å²) in [6.07, 6.45) is 18.3. The van der Waals surface area contributed by atoms with Crippen LogP contribution in [0.4, 0.5) is 0 Å². The Morgan fingerprint density at radius 3 is 2.44 bits per heavy atom. The number of ether oxygens (including phenoxy) is 1. The Kier molecular flexibility index (Phi) is 8.64. The SMILES string of the molecule is CC[C@H](C)/C=C/C=C(\C)C[C@@H](C)/C=C/C=C/[C@@H](O)[C@]1(C)C=CC(=O)O1. The van der Waals surface area contributed by atoms with Crippen molar-refractivity contribution in [2.45, 2.75) is 59.2 Å². The monoisotopic (exact) mass is 344 g/mol. The third-order valence-electron chi connectivity index (χ3n) is 4.41. The van der Waals surface area contributed by atoms with E-state index in [1.807, 2.05) is 6.08 Å². The molecule has 0 aliphatic carbocycles. The molecular formula is C22H32O3. The average Bonchev–Trinajstić information content (AvgIpc) is 2.91. The lowest BCUT2D eigenvalue weighted by Crippen LogP contribution is -2.37. The van der Waals surface area contributed by atoms with E-state index in [0.29, 0.717) is 11.8 Å². The van der Waals surface area contributed by atoms with Crippen molar-refractivity contribution in [3.63, 3.8) is 0 Å². The number of allylic oxidation sites excluding steroid dienone is 7. The summed E-state index contributed by atoms with van der Waals surface area (Å²) in [7, 11) is 0. The highest BCUT2D eigenvalue weighted by molar-refractivity contribution is 5.85. The second kappa shape index (κ2) is 10.2. The molecule has 1 heterocycles. The first kappa shape index (κ1) is 21.2. The minimum Gasteiger partial charge on any atom is -0.449 e. The van der Waals surface area contributed by atoms with Gasteiger partial charge < -0.3 is 9.84 Å². The second-order valence-electron chi connectivity index (χ2n) is 7.12. The summed E-state index contributed by atoms with van der Waals surface area (Å²) in [6.45, 7) is 10.4. The standard InChI is InChI=1S/C22H32O3/c1-6-17(2)11-9-12-19(4)16-18(3)10-7-8-13-20(23)22(5)15-14-21(24)25-22/h7-15,17-18,20,23H,6,16H2,1-5H3/b10-7+,11-9+,13-8+,19-12+/t17-,18-,20+,22-/m0/s1. The number of hydrogen-bond acceptors (Lipinski definition) is 3. The molecule has 0 aromatic carbocycles. The van der Waals surface area contributed by atoms with Gasteiger partial charge in [-0.15, -0.1) is 0 Å². The predicted molar refractivity (Wildman–Crippen MR) is 104 cm³/mol. The third kappa shape index (κ3) is 7.70. The van der Waals surface area contributed by atoms with Crippen LogP contribution < -0.4 is 0 Å². The van der Waals surface area contributed by atoms with Gasteiger partial charge in [0.25, 0.3) is 0 Å². The number of hydrogen-bond donors (Lipinski definition) is 1. The van der Waals surface area contributed by atoms with Gasteiger partial charge in [-0.3, -0.25) is 0 Å². The highest BCUT2D eigenvalue weighted by Crippen LogP contribution is 2.24. The summed E-state index contributed by atoms with van der Waals surface area (Å²) in [5, 5.41) is 10.1. The summed E-state index contributed by atoms with van der Waals surface area (Å²) in [4.78, 5) is 11.1. The van der Waals surface area contributed by atoms with Crippen molar-refractivity contribution in [1.82, 2.24) is 0 Å². The topological polar surface area (TPSA) is 46.5 Å². The predicted octanol–water partition coefficient (Wildman–Crippen LogP) is 4.91. The molecule has 1 aliphatic heterocycles. The number of carbonyl (C=O) groups excluding carboxylic acids is 1. The fourth-order valence-electron chi connectivity index (χ4n) is 2.48. The molecule has 0 unspecified atom stereocenters. The molecule has 1 aliphatic rings. The van der Waals surface area contributed by atoms with Crippen LogP contribution in [0, 0.1) is 11.8 Å². The van der Waals surface area contributed by atoms with Crippen LogP contribution in [0.3, 0.4) is 0 Å². The van der Waals surface area contributed by atoms with Gasteiger partial charge in [-0.1, -0.05) is 75.3 Å². The molecule has 25 heavy (non-hydrogen) atoms. The first-order valence-corrected chi connectivity index (χ1v) is 9.06. The summed E-state index contributed by atoms with van der Waals surface area (Å²) >= 11 is 0. The number of rotatable bonds is 9. The van der Waals surface area contributed by atoms with Crippen LogP contribution in [0.5, 0.6) is 0 Å². The summed E-state index contributed by atoms with van der Waals surface area (Å²) < 4.78 is 5.11. The summed E-state index contributed by atoms with van der Waals surface area (Å²) in [5.74, 6) is 0.618. The molecule has 0 aromatic rings. The molecule has 0 fully saturated rings. The fraction of sp³-hybridized carbons (Fsp3) is 0.500. The van der Waals surface area contributed by atoms with E-state index in [2.05, 4.69) is 52.0 Å². The van der Waals surface area contributed by atoms with E-state index in [-0.39, 0.29) is 0 Å². The van der Waals surface area contributed by atoms with Crippen molar-refractivity contribution < 1.29 is 14.6 Å². The van der Waals surface area contributed by atoms with Gasteiger partial charge in [0.15, 0.2) is 5.60 Å². The lowest BCUT2D eigenvalue weighted by Gasteiger charge is -2.24. The minimum absolute atomic E-state index is 0.412. The quantitative estimate of drug-likeness (QED) is 0.478. The summed E-state index contributed by atoms with van der Waals surface area (Å²) in [5.41, 5.74) is 0.380. The Labute approximate surface area is 152 Å². The molecule has 4 atom stereocenters. The molecule has 0 amide bonds. The average molecular weight is 344 g/mol. The van der Waals surface area contributed by atoms with Gasteiger partial charge >= 0.3 is 5.97 Å². The van der Waals surface area contributed by atoms with Crippen LogP contribution in [-0.4, -0.2) is 22.8 Å². The largest absolute Gasteiger partial charge is 0.449 e. The van der Waals surface area contributed by atoms with Gasteiger partial charge in [0.05, 0.1) is 0 Å². The highest BCUT2D eigenvalue weighted by atomic mass is 16.6. The maximum Gasteiger partial charge on any atom is 0.331 e. The van der Waals surface area contributed by atoms with E-state index in [1.165, 1.54) is 11.6 Å². The molecule has 3 heteroatoms. The minimum atomic E-state index is -0.964. The van der Waals surface area contributed by atoms with Crippen molar-refractivity contribution in [3.05, 3.63) is 60.3 Å². The number of cyclic esters (lactones) is 1. The van der Waals surface area contributed by atoms with Crippen molar-refractivity contribution in [3.8, 4) is 0 Å². The lowest BCUT2D eigenvalue weighted by molar-refractivity contribution is -0.150. The number of aliphatic hydroxyl groups excluding tert-OH is 1. The second-order valence-corrected chi connectivity index (χ2v) is 7.12. The van der Waals surface area contributed by atoms with Crippen LogP contribution in [0.15, 0.2) is 60.3 Å². The van der Waals surface area contributed by atoms with E-state index in [4.69, 9.17) is 4.74 Å². The van der Waals surface area contributed by atoms with E-state index in [0.717, 1.165) is 12.8 Å². The molecule has 0 aromatic heterocycles. The van der Waals surface area contributed by atoms with Crippen LogP contribution in [0.25, 0.3) is 0 Å². The molecule has 1 rings (SSSR count). The fourth-order valence-corrected chi connectivity index (χ4v) is 2.48. The molecule has 0 spiro atoms. The molecule has 0 saturated heterocycles. The van der Waals surface area contributed by atoms with E-state index in [1.54, 1.807) is 25.2 Å². The van der Waals surface area contributed by atoms with Crippen molar-refractivity contribution in [2.24, 2.45) is 11.8 Å². The van der Waals surface area contributed by atoms with E-state index < -0.39 is 17.7 Å². The number of aliphatic hydroxyl groups is 1. The van der Waals surface area contributed by atoms with Crippen molar-refractivity contribution >= 4 is 5.97 Å². The molecular weight excluding hydrogens is 312 g/mol. The maximum absolute atomic E-state index is 11.1. The Morgan fingerprint density at radius 2 is 1.84 bits per heavy atom. The summed E-state index contributed by atoms with van der Waals surface area (Å²) in [6, 6.07) is 0. The molecule has 1 N–H and O–H groups in total. The number of esters is 1. The molecule has 0 bridgehead atoms. The smallest absolute Gasteiger partial charge is 0.331 e. The Morgan fingerprint density at radius 1 is 1.20 bits per heavy atom. The molecule has 0 saturated carbocycles. The first-order valence-electron chi connectivity index (χ1n) is 9.06. The van der Waals surface area contributed by atoms with Gasteiger partial charge in [-0.2, -0.15) is 0 Å². The zero-order valence-electron chi connectivity index (χ0n) is 16.1. The Bertz CT molecular complexity index is 580. The first-order chi connectivity index (χ1) is 11.8. The lowest BCUT2D eigenvalue weighted by atomic mass is 9.98. The Hall–Kier alpha value is -1.87. The molecule has 138 valence electrons.